The van der Waals surface area contributed by atoms with Crippen molar-refractivity contribution in [2.75, 3.05) is 113 Å². The second-order valence-corrected chi connectivity index (χ2v) is 5.91. The number of ether oxygens (including phenoxy) is 8. The van der Waals surface area contributed by atoms with Crippen LogP contribution in [0.15, 0.2) is 0 Å². The van der Waals surface area contributed by atoms with Crippen molar-refractivity contribution in [2.45, 2.75) is 6.29 Å². The Balaban J connectivity index is 2.13. The highest BCUT2D eigenvalue weighted by Gasteiger charge is 2.13. The number of methoxy groups -OCH3 is 2. The van der Waals surface area contributed by atoms with Crippen LogP contribution >= 0.6 is 0 Å². The Morgan fingerprint density at radius 2 is 1.26 bits per heavy atom. The minimum Gasteiger partial charge on any atom is -0.382 e. The Labute approximate surface area is 163 Å². The molecule has 1 unspecified atom stereocenters. The standard InChI is InChI=1S/C18H37NO8/c1-20-9-11-23-13-14-25-17-18(27-16-15-24-12-10-21-2)26-8-5-19-3-6-22-7-4-19/h18H,3-17H2,1-2H3. The third-order valence-corrected chi connectivity index (χ3v) is 3.84. The van der Waals surface area contributed by atoms with Crippen LogP contribution in [0.4, 0.5) is 0 Å². The minimum absolute atomic E-state index is 0.356. The largest absolute Gasteiger partial charge is 0.382 e. The molecule has 0 aromatic rings. The van der Waals surface area contributed by atoms with Crippen LogP contribution in [0.1, 0.15) is 0 Å². The fourth-order valence-electron chi connectivity index (χ4n) is 2.31. The molecule has 1 aliphatic rings. The Morgan fingerprint density at radius 3 is 1.93 bits per heavy atom. The van der Waals surface area contributed by atoms with Crippen LogP contribution in [-0.4, -0.2) is 124 Å². The lowest BCUT2D eigenvalue weighted by Crippen LogP contribution is -2.39. The van der Waals surface area contributed by atoms with Crippen LogP contribution in [0.3, 0.4) is 0 Å². The van der Waals surface area contributed by atoms with Crippen LogP contribution in [-0.2, 0) is 37.9 Å². The van der Waals surface area contributed by atoms with Gasteiger partial charge in [0.2, 0.25) is 0 Å². The molecule has 0 saturated carbocycles. The lowest BCUT2D eigenvalue weighted by atomic mass is 10.4. The van der Waals surface area contributed by atoms with Gasteiger partial charge in [-0.3, -0.25) is 4.90 Å². The van der Waals surface area contributed by atoms with Crippen molar-refractivity contribution in [1.29, 1.82) is 0 Å². The summed E-state index contributed by atoms with van der Waals surface area (Å²) < 4.78 is 43.2. The summed E-state index contributed by atoms with van der Waals surface area (Å²) in [6, 6.07) is 0. The van der Waals surface area contributed by atoms with E-state index in [1.54, 1.807) is 14.2 Å². The topological polar surface area (TPSA) is 77.1 Å². The highest BCUT2D eigenvalue weighted by molar-refractivity contribution is 4.61. The van der Waals surface area contributed by atoms with E-state index < -0.39 is 6.29 Å². The summed E-state index contributed by atoms with van der Waals surface area (Å²) in [6.07, 6.45) is -0.420. The third kappa shape index (κ3) is 15.3. The van der Waals surface area contributed by atoms with Gasteiger partial charge in [0.15, 0.2) is 6.29 Å². The van der Waals surface area contributed by atoms with Crippen molar-refractivity contribution >= 4 is 0 Å². The molecular formula is C18H37NO8. The van der Waals surface area contributed by atoms with Gasteiger partial charge in [-0.05, 0) is 0 Å². The van der Waals surface area contributed by atoms with E-state index in [0.717, 1.165) is 32.8 Å². The molecule has 0 amide bonds. The molecule has 162 valence electrons. The van der Waals surface area contributed by atoms with Gasteiger partial charge in [0.25, 0.3) is 0 Å². The molecule has 0 radical (unpaired) electrons. The highest BCUT2D eigenvalue weighted by Crippen LogP contribution is 2.01. The first-order valence-corrected chi connectivity index (χ1v) is 9.61. The van der Waals surface area contributed by atoms with Gasteiger partial charge in [-0.2, -0.15) is 0 Å². The van der Waals surface area contributed by atoms with E-state index >= 15 is 0 Å². The molecule has 0 bridgehead atoms. The predicted molar refractivity (Wildman–Crippen MR) is 99.2 cm³/mol. The Morgan fingerprint density at radius 1 is 0.704 bits per heavy atom. The van der Waals surface area contributed by atoms with Crippen molar-refractivity contribution in [3.8, 4) is 0 Å². The highest BCUT2D eigenvalue weighted by atomic mass is 16.7. The second kappa shape index (κ2) is 19.0. The Kier molecular flexibility index (Phi) is 17.3. The van der Waals surface area contributed by atoms with Crippen molar-refractivity contribution in [3.63, 3.8) is 0 Å². The molecule has 0 aromatic carbocycles. The molecule has 1 saturated heterocycles. The van der Waals surface area contributed by atoms with Gasteiger partial charge in [-0.1, -0.05) is 0 Å². The van der Waals surface area contributed by atoms with E-state index in [4.69, 9.17) is 37.9 Å². The van der Waals surface area contributed by atoms with E-state index in [9.17, 15) is 0 Å². The van der Waals surface area contributed by atoms with Crippen LogP contribution in [0.25, 0.3) is 0 Å². The first-order chi connectivity index (χ1) is 13.4. The summed E-state index contributed by atoms with van der Waals surface area (Å²) >= 11 is 0. The zero-order chi connectivity index (χ0) is 19.4. The van der Waals surface area contributed by atoms with Gasteiger partial charge in [-0.15, -0.1) is 0 Å². The number of hydrogen-bond donors (Lipinski definition) is 0. The predicted octanol–water partition coefficient (Wildman–Crippen LogP) is 0.0205. The lowest BCUT2D eigenvalue weighted by molar-refractivity contribution is -0.182. The molecule has 1 heterocycles. The Hall–Kier alpha value is -0.360. The Bertz CT molecular complexity index is 305. The molecule has 1 aliphatic heterocycles. The van der Waals surface area contributed by atoms with Gasteiger partial charge in [0.1, 0.15) is 0 Å². The fourth-order valence-corrected chi connectivity index (χ4v) is 2.31. The lowest BCUT2D eigenvalue weighted by Gasteiger charge is -2.27. The van der Waals surface area contributed by atoms with Crippen molar-refractivity contribution in [2.24, 2.45) is 0 Å². The number of nitrogens with zero attached hydrogens (tertiary/aromatic N) is 1. The molecule has 1 fully saturated rings. The number of morpholine rings is 1. The molecule has 9 heteroatoms. The maximum absolute atomic E-state index is 5.85. The summed E-state index contributed by atoms with van der Waals surface area (Å²) in [5.41, 5.74) is 0. The average molecular weight is 395 g/mol. The summed E-state index contributed by atoms with van der Waals surface area (Å²) in [7, 11) is 3.30. The maximum Gasteiger partial charge on any atom is 0.180 e. The van der Waals surface area contributed by atoms with Gasteiger partial charge < -0.3 is 37.9 Å². The molecule has 0 spiro atoms. The smallest absolute Gasteiger partial charge is 0.180 e. The SMILES string of the molecule is COCCOCCOCC(OCCOCCOC)OCCN1CCOCC1. The first kappa shape index (κ1) is 24.7. The van der Waals surface area contributed by atoms with E-state index in [2.05, 4.69) is 4.90 Å². The number of rotatable bonds is 19. The van der Waals surface area contributed by atoms with Crippen LogP contribution in [0.2, 0.25) is 0 Å². The van der Waals surface area contributed by atoms with E-state index in [1.807, 2.05) is 0 Å². The van der Waals surface area contributed by atoms with E-state index in [1.165, 1.54) is 0 Å². The summed E-state index contributed by atoms with van der Waals surface area (Å²) in [6.45, 7) is 9.46. The quantitative estimate of drug-likeness (QED) is 0.222. The first-order valence-electron chi connectivity index (χ1n) is 9.61. The zero-order valence-corrected chi connectivity index (χ0v) is 16.9. The molecule has 0 aliphatic carbocycles. The van der Waals surface area contributed by atoms with Gasteiger partial charge >= 0.3 is 0 Å². The van der Waals surface area contributed by atoms with Crippen molar-refractivity contribution in [1.82, 2.24) is 4.90 Å². The maximum atomic E-state index is 5.85. The van der Waals surface area contributed by atoms with E-state index in [0.29, 0.717) is 66.1 Å². The second-order valence-electron chi connectivity index (χ2n) is 5.91. The number of hydrogen-bond acceptors (Lipinski definition) is 9. The molecule has 1 atom stereocenters. The van der Waals surface area contributed by atoms with Crippen molar-refractivity contribution in [3.05, 3.63) is 0 Å². The normalized spacial score (nSPS) is 16.7. The molecule has 0 aromatic heterocycles. The van der Waals surface area contributed by atoms with Crippen LogP contribution in [0, 0.1) is 0 Å². The summed E-state index contributed by atoms with van der Waals surface area (Å²) in [5.74, 6) is 0. The van der Waals surface area contributed by atoms with E-state index in [-0.39, 0.29) is 0 Å². The minimum atomic E-state index is -0.420. The fraction of sp³-hybridized carbons (Fsp3) is 1.00. The van der Waals surface area contributed by atoms with Gasteiger partial charge in [-0.25, -0.2) is 0 Å². The molecular weight excluding hydrogens is 358 g/mol. The molecule has 27 heavy (non-hydrogen) atoms. The van der Waals surface area contributed by atoms with Crippen molar-refractivity contribution < 1.29 is 37.9 Å². The van der Waals surface area contributed by atoms with Crippen LogP contribution < -0.4 is 0 Å². The molecule has 1 rings (SSSR count). The van der Waals surface area contributed by atoms with Crippen LogP contribution in [0.5, 0.6) is 0 Å². The monoisotopic (exact) mass is 395 g/mol. The summed E-state index contributed by atoms with van der Waals surface area (Å²) in [5, 5.41) is 0. The van der Waals surface area contributed by atoms with Gasteiger partial charge in [0.05, 0.1) is 79.3 Å². The van der Waals surface area contributed by atoms with Gasteiger partial charge in [0, 0.05) is 33.9 Å². The third-order valence-electron chi connectivity index (χ3n) is 3.84. The summed E-state index contributed by atoms with van der Waals surface area (Å²) in [4.78, 5) is 2.32. The molecule has 0 N–H and O–H groups in total. The zero-order valence-electron chi connectivity index (χ0n) is 16.9. The average Bonchev–Trinajstić information content (AvgIpc) is 2.70. The molecule has 9 nitrogen and oxygen atoms in total.